The molecule has 18 heterocycles. The van der Waals surface area contributed by atoms with Crippen molar-refractivity contribution in [3.63, 3.8) is 0 Å². The molecule has 0 saturated carbocycles. The number of hydrogen-bond acceptors (Lipinski definition) is 17. The maximum Gasteiger partial charge on any atom is 0.234 e. The molecule has 140 heavy (non-hydrogen) atoms. The zero-order valence-electron chi connectivity index (χ0n) is 74.3. The topological polar surface area (TPSA) is 245 Å². The van der Waals surface area contributed by atoms with Crippen LogP contribution in [0, 0.1) is 0 Å². The standard InChI is InChI=1S/3C24H15N3O.2C23H14N4O/c1-2-7-22-18(5-1)19-10-8-16-12-14-28-24(16)23(19)27(22)17-9-11-21(26-15-17)20-6-3-4-13-25-20;1-2-6-17(7-3-1)24-25-14-12-21(26-24)27-20-9-5-4-8-18(20)19-11-10-16-13-15-28-23(16)22(19)27;1-2-6-16(7-3-1)18-14-25-24(26-15-18)27-21-9-5-4-8-19(21)20-11-10-17-12-13-28-23(17)22(20)27;1-2-6-20-18(5-1)19-8-7-15-9-11-28-22(15)21(19)27(20)17-13-25-23(26-14-17)16-4-3-10-24-12-16;1-2-4-20-18(3-1)19-6-5-15-9-12-28-22(15)21(19)27(20)17-13-25-23(26-14-17)16-7-10-24-11-8-16/h3*1-15H;2*1-14H. The quantitative estimate of drug-likeness (QED) is 0.123. The van der Waals surface area contributed by atoms with Crippen LogP contribution in [-0.2, 0) is 0 Å². The second kappa shape index (κ2) is 34.4. The number of rotatable bonds is 10. The van der Waals surface area contributed by atoms with Crippen LogP contribution in [0.3, 0.4) is 0 Å². The molecule has 660 valence electrons. The Bertz CT molecular complexity index is 8970. The smallest absolute Gasteiger partial charge is 0.234 e. The normalized spacial score (nSPS) is 11.6. The van der Waals surface area contributed by atoms with Gasteiger partial charge in [0.15, 0.2) is 45.4 Å². The fourth-order valence-electron chi connectivity index (χ4n) is 19.4. The Labute approximate surface area is 794 Å². The van der Waals surface area contributed by atoms with Gasteiger partial charge in [0.1, 0.15) is 11.3 Å². The van der Waals surface area contributed by atoms with E-state index in [1.165, 1.54) is 26.9 Å². The number of benzene rings is 12. The van der Waals surface area contributed by atoms with Gasteiger partial charge < -0.3 is 35.8 Å². The largest absolute Gasteiger partial charge is 0.462 e. The Balaban J connectivity index is 0.0000000900. The summed E-state index contributed by atoms with van der Waals surface area (Å²) < 4.78 is 40.1. The molecule has 0 amide bonds. The molecule has 22 heteroatoms. The highest BCUT2D eigenvalue weighted by atomic mass is 16.3. The Hall–Kier alpha value is -19.7. The highest BCUT2D eigenvalue weighted by Crippen LogP contribution is 2.44. The molecular weight excluding hydrogens is 1740 g/mol. The van der Waals surface area contributed by atoms with Crippen LogP contribution in [0.25, 0.3) is 249 Å². The molecule has 30 rings (SSSR count). The van der Waals surface area contributed by atoms with Gasteiger partial charge in [-0.3, -0.25) is 29.1 Å². The van der Waals surface area contributed by atoms with Crippen molar-refractivity contribution >= 4 is 164 Å². The number of nitrogens with zero attached hydrogens (tertiary/aromatic N) is 17. The predicted octanol–water partition coefficient (Wildman–Crippen LogP) is 28.7. The molecule has 0 saturated heterocycles. The lowest BCUT2D eigenvalue weighted by Gasteiger charge is -2.08. The maximum absolute atomic E-state index is 5.87. The number of fused-ring (bicyclic) bond motifs is 25. The molecule has 0 aliphatic carbocycles. The minimum Gasteiger partial charge on any atom is -0.462 e. The van der Waals surface area contributed by atoms with Crippen molar-refractivity contribution in [1.29, 1.82) is 0 Å². The van der Waals surface area contributed by atoms with E-state index in [0.29, 0.717) is 23.4 Å². The number of para-hydroxylation sites is 5. The first kappa shape index (κ1) is 81.1. The van der Waals surface area contributed by atoms with E-state index < -0.39 is 0 Å². The number of pyridine rings is 4. The monoisotopic (exact) mass is 1810 g/mol. The summed E-state index contributed by atoms with van der Waals surface area (Å²) in [5.41, 5.74) is 24.4. The van der Waals surface area contributed by atoms with Crippen molar-refractivity contribution in [2.24, 2.45) is 0 Å². The Morgan fingerprint density at radius 3 is 0.986 bits per heavy atom. The molecule has 0 atom stereocenters. The average Bonchev–Trinajstić information content (AvgIpc) is 1.60. The maximum atomic E-state index is 5.87. The van der Waals surface area contributed by atoms with Gasteiger partial charge >= 0.3 is 0 Å². The fourth-order valence-corrected chi connectivity index (χ4v) is 19.4. The summed E-state index contributed by atoms with van der Waals surface area (Å²) in [6.45, 7) is 0. The van der Waals surface area contributed by atoms with Gasteiger partial charge in [0.05, 0.1) is 140 Å². The zero-order chi connectivity index (χ0) is 92.5. The van der Waals surface area contributed by atoms with Crippen molar-refractivity contribution in [2.45, 2.75) is 0 Å². The van der Waals surface area contributed by atoms with Crippen LogP contribution in [0.15, 0.2) is 468 Å². The highest BCUT2D eigenvalue weighted by Gasteiger charge is 2.25. The fraction of sp³-hybridized carbons (Fsp3) is 0. The Morgan fingerprint density at radius 2 is 0.557 bits per heavy atom. The van der Waals surface area contributed by atoms with Crippen molar-refractivity contribution in [3.05, 3.63) is 446 Å². The molecule has 12 aromatic carbocycles. The molecule has 30 aromatic rings. The van der Waals surface area contributed by atoms with Gasteiger partial charge in [0.2, 0.25) is 5.95 Å². The van der Waals surface area contributed by atoms with Crippen molar-refractivity contribution in [2.75, 3.05) is 0 Å². The first-order valence-electron chi connectivity index (χ1n) is 45.6. The first-order valence-corrected chi connectivity index (χ1v) is 45.6. The van der Waals surface area contributed by atoms with Crippen LogP contribution in [-0.4, -0.2) is 82.6 Å². The molecular formula is C118H73N17O5. The lowest BCUT2D eigenvalue weighted by Crippen LogP contribution is -2.00. The van der Waals surface area contributed by atoms with Gasteiger partial charge in [0.25, 0.3) is 0 Å². The molecule has 0 aliphatic heterocycles. The third-order valence-corrected chi connectivity index (χ3v) is 25.7. The van der Waals surface area contributed by atoms with E-state index >= 15 is 0 Å². The van der Waals surface area contributed by atoms with E-state index in [2.05, 4.69) is 250 Å². The molecule has 0 fully saturated rings. The van der Waals surface area contributed by atoms with Gasteiger partial charge in [0, 0.05) is 153 Å². The number of aromatic nitrogens is 17. The summed E-state index contributed by atoms with van der Waals surface area (Å²) in [4.78, 5) is 54.4. The third kappa shape index (κ3) is 14.0. The molecule has 0 spiro atoms. The van der Waals surface area contributed by atoms with Gasteiger partial charge in [-0.05, 0) is 121 Å². The van der Waals surface area contributed by atoms with Crippen LogP contribution in [0.4, 0.5) is 0 Å². The summed E-state index contributed by atoms with van der Waals surface area (Å²) in [5, 5.41) is 17.0. The van der Waals surface area contributed by atoms with E-state index in [1.54, 1.807) is 62.3 Å². The predicted molar refractivity (Wildman–Crippen MR) is 553 cm³/mol. The lowest BCUT2D eigenvalue weighted by molar-refractivity contribution is 0.617. The zero-order valence-corrected chi connectivity index (χ0v) is 74.3. The number of furan rings is 5. The molecule has 18 aromatic heterocycles. The summed E-state index contributed by atoms with van der Waals surface area (Å²) in [6, 6.07) is 113. The van der Waals surface area contributed by atoms with Crippen molar-refractivity contribution in [1.82, 2.24) is 82.6 Å². The first-order chi connectivity index (χ1) is 69.5. The summed E-state index contributed by atoms with van der Waals surface area (Å²) >= 11 is 0. The van der Waals surface area contributed by atoms with E-state index in [9.17, 15) is 0 Å². The van der Waals surface area contributed by atoms with Gasteiger partial charge in [-0.1, -0.05) is 218 Å². The van der Waals surface area contributed by atoms with Gasteiger partial charge in [-0.15, -0.1) is 0 Å². The van der Waals surface area contributed by atoms with Crippen molar-refractivity contribution < 1.29 is 22.1 Å². The molecule has 0 N–H and O–H groups in total. The summed E-state index contributed by atoms with van der Waals surface area (Å²) in [5.74, 6) is 3.49. The van der Waals surface area contributed by atoms with Crippen LogP contribution >= 0.6 is 0 Å². The second-order valence-corrected chi connectivity index (χ2v) is 33.6. The lowest BCUT2D eigenvalue weighted by atomic mass is 10.1. The summed E-state index contributed by atoms with van der Waals surface area (Å²) in [6.07, 6.45) is 32.3. The van der Waals surface area contributed by atoms with Crippen molar-refractivity contribution in [3.8, 4) is 85.5 Å². The highest BCUT2D eigenvalue weighted by molar-refractivity contribution is 6.22. The van der Waals surface area contributed by atoms with E-state index in [4.69, 9.17) is 37.0 Å². The molecule has 0 aliphatic rings. The average molecular weight is 1810 g/mol. The molecule has 22 nitrogen and oxygen atoms in total. The molecule has 0 unspecified atom stereocenters. The second-order valence-electron chi connectivity index (χ2n) is 33.6. The van der Waals surface area contributed by atoms with E-state index in [-0.39, 0.29) is 0 Å². The molecule has 0 radical (unpaired) electrons. The SMILES string of the molecule is c1ccc(-c2ccc(-n3c4ccccc4c4ccc5ccoc5c43)cn2)nc1.c1ccc(-c2cnc(-n3c4ccccc4c4ccc5ccoc5c43)nc2)cc1.c1ccc(-c2nccc(-n3c4ccccc4c4ccc5ccoc5c43)n2)cc1.c1ccc2c(c1)c1ccc3ccoc3c1n2-c1cnc(-c2ccncc2)nc1.c1cncc(-c2ncc(-n3c4ccccc4c4ccc5ccoc5c43)cn2)c1. The number of hydrogen-bond donors (Lipinski definition) is 0. The van der Waals surface area contributed by atoms with E-state index in [1.807, 2.05) is 201 Å². The van der Waals surface area contributed by atoms with E-state index in [0.717, 1.165) is 199 Å². The third-order valence-electron chi connectivity index (χ3n) is 25.7. The van der Waals surface area contributed by atoms with Crippen LogP contribution < -0.4 is 0 Å². The van der Waals surface area contributed by atoms with Gasteiger partial charge in [-0.25, -0.2) is 39.9 Å². The minimum absolute atomic E-state index is 0.634. The Morgan fingerprint density at radius 1 is 0.186 bits per heavy atom. The Kier molecular flexibility index (Phi) is 19.9. The van der Waals surface area contributed by atoms with Crippen LogP contribution in [0.2, 0.25) is 0 Å². The van der Waals surface area contributed by atoms with Crippen LogP contribution in [0.5, 0.6) is 0 Å². The minimum atomic E-state index is 0.634. The van der Waals surface area contributed by atoms with Crippen LogP contribution in [0.1, 0.15) is 0 Å². The van der Waals surface area contributed by atoms with Gasteiger partial charge in [-0.2, -0.15) is 0 Å². The molecule has 0 bridgehead atoms. The summed E-state index contributed by atoms with van der Waals surface area (Å²) in [7, 11) is 0.